The van der Waals surface area contributed by atoms with Crippen LogP contribution in [0.4, 0.5) is 10.1 Å². The molecule has 120 valence electrons. The molecule has 2 aliphatic rings. The number of anilines is 1. The van der Waals surface area contributed by atoms with Gasteiger partial charge in [0.1, 0.15) is 5.82 Å². The number of likely N-dealkylation sites (tertiary alicyclic amines) is 1. The van der Waals surface area contributed by atoms with Crippen LogP contribution in [-0.2, 0) is 4.79 Å². The summed E-state index contributed by atoms with van der Waals surface area (Å²) in [5.74, 6) is -0.397. The number of amides is 1. The van der Waals surface area contributed by atoms with Crippen LogP contribution in [0.3, 0.4) is 0 Å². The second kappa shape index (κ2) is 5.63. The number of benzene rings is 1. The number of carbonyl (C=O) groups is 1. The van der Waals surface area contributed by atoms with Crippen molar-refractivity contribution in [3.8, 4) is 0 Å². The van der Waals surface area contributed by atoms with E-state index in [1.54, 1.807) is 17.9 Å². The van der Waals surface area contributed by atoms with Gasteiger partial charge in [-0.1, -0.05) is 6.07 Å². The number of aliphatic hydroxyl groups is 1. The van der Waals surface area contributed by atoms with Crippen LogP contribution in [0.2, 0.25) is 0 Å². The minimum atomic E-state index is -0.595. The Labute approximate surface area is 130 Å². The SMILES string of the molecule is Cc1ccc(N2C(=O)CC(O)CC23CCN(C)CC3)cc1F. The van der Waals surface area contributed by atoms with Crippen molar-refractivity contribution < 1.29 is 14.3 Å². The van der Waals surface area contributed by atoms with Crippen LogP contribution in [0.1, 0.15) is 31.2 Å². The Morgan fingerprint density at radius 1 is 1.32 bits per heavy atom. The van der Waals surface area contributed by atoms with Crippen molar-refractivity contribution in [3.05, 3.63) is 29.6 Å². The number of carbonyl (C=O) groups excluding carboxylic acids is 1. The van der Waals surface area contributed by atoms with E-state index in [9.17, 15) is 14.3 Å². The van der Waals surface area contributed by atoms with Crippen molar-refractivity contribution in [3.63, 3.8) is 0 Å². The van der Waals surface area contributed by atoms with Crippen LogP contribution in [0.5, 0.6) is 0 Å². The average Bonchev–Trinajstić information content (AvgIpc) is 2.45. The second-order valence-electron chi connectivity index (χ2n) is 6.75. The molecule has 1 N–H and O–H groups in total. The lowest BCUT2D eigenvalue weighted by molar-refractivity contribution is -0.125. The Bertz CT molecular complexity index is 582. The summed E-state index contributed by atoms with van der Waals surface area (Å²) in [5, 5.41) is 10.1. The third-order valence-corrected chi connectivity index (χ3v) is 5.08. The maximum absolute atomic E-state index is 14.0. The van der Waals surface area contributed by atoms with Gasteiger partial charge in [-0.05, 0) is 50.9 Å². The van der Waals surface area contributed by atoms with Crippen molar-refractivity contribution in [2.75, 3.05) is 25.0 Å². The van der Waals surface area contributed by atoms with E-state index < -0.39 is 6.10 Å². The van der Waals surface area contributed by atoms with E-state index in [0.717, 1.165) is 25.9 Å². The highest BCUT2D eigenvalue weighted by Crippen LogP contribution is 2.41. The van der Waals surface area contributed by atoms with Crippen LogP contribution < -0.4 is 4.90 Å². The number of piperidine rings is 2. The molecule has 2 heterocycles. The molecule has 2 aliphatic heterocycles. The highest BCUT2D eigenvalue weighted by Gasteiger charge is 2.47. The quantitative estimate of drug-likeness (QED) is 0.864. The lowest BCUT2D eigenvalue weighted by Crippen LogP contribution is -2.62. The highest BCUT2D eigenvalue weighted by atomic mass is 19.1. The summed E-state index contributed by atoms with van der Waals surface area (Å²) < 4.78 is 14.0. The summed E-state index contributed by atoms with van der Waals surface area (Å²) in [7, 11) is 2.06. The summed E-state index contributed by atoms with van der Waals surface area (Å²) in [5.41, 5.74) is 0.804. The molecular formula is C17H23FN2O2. The fraction of sp³-hybridized carbons (Fsp3) is 0.588. The van der Waals surface area contributed by atoms with E-state index in [0.29, 0.717) is 17.7 Å². The van der Waals surface area contributed by atoms with Gasteiger partial charge in [0.25, 0.3) is 0 Å². The van der Waals surface area contributed by atoms with Gasteiger partial charge >= 0.3 is 0 Å². The Hall–Kier alpha value is -1.46. The second-order valence-corrected chi connectivity index (χ2v) is 6.75. The zero-order chi connectivity index (χ0) is 15.9. The van der Waals surface area contributed by atoms with Gasteiger partial charge in [0.2, 0.25) is 5.91 Å². The number of hydrogen-bond donors (Lipinski definition) is 1. The maximum atomic E-state index is 14.0. The summed E-state index contributed by atoms with van der Waals surface area (Å²) >= 11 is 0. The number of nitrogens with zero attached hydrogens (tertiary/aromatic N) is 2. The van der Waals surface area contributed by atoms with Crippen molar-refractivity contribution in [2.24, 2.45) is 0 Å². The Morgan fingerprint density at radius 2 is 2.00 bits per heavy atom. The van der Waals surface area contributed by atoms with Gasteiger partial charge in [0.05, 0.1) is 18.1 Å². The predicted octanol–water partition coefficient (Wildman–Crippen LogP) is 2.09. The summed E-state index contributed by atoms with van der Waals surface area (Å²) in [6.07, 6.45) is 1.71. The van der Waals surface area contributed by atoms with Gasteiger partial charge in [-0.15, -0.1) is 0 Å². The standard InChI is InChI=1S/C17H23FN2O2/c1-12-3-4-13(9-15(12)18)20-16(22)10-14(21)11-17(20)5-7-19(2)8-6-17/h3-4,9,14,21H,5-8,10-11H2,1-2H3. The van der Waals surface area contributed by atoms with Gasteiger partial charge in [-0.2, -0.15) is 0 Å². The smallest absolute Gasteiger partial charge is 0.230 e. The molecule has 0 bridgehead atoms. The minimum Gasteiger partial charge on any atom is -0.393 e. The number of aryl methyl sites for hydroxylation is 1. The van der Waals surface area contributed by atoms with E-state index in [-0.39, 0.29) is 23.7 Å². The molecule has 3 rings (SSSR count). The average molecular weight is 306 g/mol. The third kappa shape index (κ3) is 2.63. The van der Waals surface area contributed by atoms with Gasteiger partial charge in [-0.25, -0.2) is 4.39 Å². The summed E-state index contributed by atoms with van der Waals surface area (Å²) in [6, 6.07) is 4.98. The normalized spacial score (nSPS) is 25.7. The Balaban J connectivity index is 2.00. The molecule has 1 spiro atoms. The van der Waals surface area contributed by atoms with Crippen LogP contribution in [0, 0.1) is 12.7 Å². The zero-order valence-corrected chi connectivity index (χ0v) is 13.2. The first kappa shape index (κ1) is 15.4. The first-order chi connectivity index (χ1) is 10.4. The van der Waals surface area contributed by atoms with Gasteiger partial charge in [-0.3, -0.25) is 4.79 Å². The largest absolute Gasteiger partial charge is 0.393 e. The van der Waals surface area contributed by atoms with Crippen LogP contribution in [0.15, 0.2) is 18.2 Å². The molecule has 2 fully saturated rings. The zero-order valence-electron chi connectivity index (χ0n) is 13.2. The van der Waals surface area contributed by atoms with Crippen LogP contribution in [-0.4, -0.2) is 47.7 Å². The van der Waals surface area contributed by atoms with Gasteiger partial charge < -0.3 is 14.9 Å². The topological polar surface area (TPSA) is 43.8 Å². The number of hydrogen-bond acceptors (Lipinski definition) is 3. The molecule has 0 aromatic heterocycles. The monoisotopic (exact) mass is 306 g/mol. The predicted molar refractivity (Wildman–Crippen MR) is 83.3 cm³/mol. The van der Waals surface area contributed by atoms with Crippen molar-refractivity contribution in [2.45, 2.75) is 44.2 Å². The molecule has 1 unspecified atom stereocenters. The lowest BCUT2D eigenvalue weighted by atomic mass is 9.77. The fourth-order valence-electron chi connectivity index (χ4n) is 3.76. The van der Waals surface area contributed by atoms with Crippen molar-refractivity contribution in [1.82, 2.24) is 4.90 Å². The van der Waals surface area contributed by atoms with E-state index in [2.05, 4.69) is 11.9 Å². The number of halogens is 1. The molecule has 0 saturated carbocycles. The Morgan fingerprint density at radius 3 is 2.64 bits per heavy atom. The summed E-state index contributed by atoms with van der Waals surface area (Å²) in [6.45, 7) is 3.47. The molecular weight excluding hydrogens is 283 g/mol. The molecule has 1 aromatic rings. The highest BCUT2D eigenvalue weighted by molar-refractivity contribution is 5.96. The van der Waals surface area contributed by atoms with E-state index in [1.807, 2.05) is 6.07 Å². The molecule has 1 atom stereocenters. The molecule has 1 aromatic carbocycles. The maximum Gasteiger partial charge on any atom is 0.230 e. The molecule has 0 aliphatic carbocycles. The van der Waals surface area contributed by atoms with E-state index in [4.69, 9.17) is 0 Å². The number of aliphatic hydroxyl groups excluding tert-OH is 1. The summed E-state index contributed by atoms with van der Waals surface area (Å²) in [4.78, 5) is 16.6. The lowest BCUT2D eigenvalue weighted by Gasteiger charge is -2.52. The van der Waals surface area contributed by atoms with Gasteiger partial charge in [0.15, 0.2) is 0 Å². The fourth-order valence-corrected chi connectivity index (χ4v) is 3.76. The van der Waals surface area contributed by atoms with Crippen molar-refractivity contribution in [1.29, 1.82) is 0 Å². The first-order valence-corrected chi connectivity index (χ1v) is 7.87. The number of rotatable bonds is 1. The van der Waals surface area contributed by atoms with Crippen molar-refractivity contribution >= 4 is 11.6 Å². The molecule has 2 saturated heterocycles. The Kier molecular flexibility index (Phi) is 3.95. The minimum absolute atomic E-state index is 0.105. The molecule has 0 radical (unpaired) electrons. The van der Waals surface area contributed by atoms with Crippen LogP contribution >= 0.6 is 0 Å². The van der Waals surface area contributed by atoms with Crippen LogP contribution in [0.25, 0.3) is 0 Å². The molecule has 1 amide bonds. The molecule has 5 heteroatoms. The van der Waals surface area contributed by atoms with E-state index >= 15 is 0 Å². The first-order valence-electron chi connectivity index (χ1n) is 7.87. The van der Waals surface area contributed by atoms with E-state index in [1.165, 1.54) is 6.07 Å². The molecule has 22 heavy (non-hydrogen) atoms. The third-order valence-electron chi connectivity index (χ3n) is 5.08. The van der Waals surface area contributed by atoms with Gasteiger partial charge in [0, 0.05) is 18.8 Å². The molecule has 4 nitrogen and oxygen atoms in total.